The lowest BCUT2D eigenvalue weighted by Gasteiger charge is -2.38. The molecule has 0 saturated carbocycles. The summed E-state index contributed by atoms with van der Waals surface area (Å²) in [7, 11) is 0. The maximum absolute atomic E-state index is 3.68. The maximum Gasteiger partial charge on any atom is 0.130 e. The van der Waals surface area contributed by atoms with Gasteiger partial charge in [-0.1, -0.05) is 110 Å². The Kier molecular flexibility index (Phi) is 11.4. The zero-order valence-electron chi connectivity index (χ0n) is 25.4. The van der Waals surface area contributed by atoms with E-state index in [-0.39, 0.29) is 11.6 Å². The van der Waals surface area contributed by atoms with E-state index >= 15 is 0 Å². The molecule has 38 heavy (non-hydrogen) atoms. The molecule has 5 rings (SSSR count). The third kappa shape index (κ3) is 6.78. The Balaban J connectivity index is 0.000000571. The third-order valence-electron chi connectivity index (χ3n) is 6.73. The minimum atomic E-state index is 0.135. The van der Waals surface area contributed by atoms with E-state index in [1.807, 2.05) is 13.8 Å². The van der Waals surface area contributed by atoms with Crippen LogP contribution in [0.15, 0.2) is 80.0 Å². The number of anilines is 1. The number of rotatable bonds is 3. The average Bonchev–Trinajstić information content (AvgIpc) is 3.35. The summed E-state index contributed by atoms with van der Waals surface area (Å²) >= 11 is 0. The van der Waals surface area contributed by atoms with Crippen molar-refractivity contribution >= 4 is 11.4 Å². The van der Waals surface area contributed by atoms with Crippen molar-refractivity contribution in [1.82, 2.24) is 5.32 Å². The zero-order chi connectivity index (χ0) is 28.5. The van der Waals surface area contributed by atoms with Crippen molar-refractivity contribution in [2.75, 3.05) is 4.90 Å². The molecule has 0 radical (unpaired) electrons. The minimum Gasteiger partial charge on any atom is -0.365 e. The average molecular weight is 511 g/mol. The number of fused-ring (bicyclic) bond motifs is 6. The monoisotopic (exact) mass is 510 g/mol. The van der Waals surface area contributed by atoms with Crippen molar-refractivity contribution in [2.24, 2.45) is 5.41 Å². The molecule has 0 aromatic heterocycles. The smallest absolute Gasteiger partial charge is 0.130 e. The largest absolute Gasteiger partial charge is 0.365 e. The summed E-state index contributed by atoms with van der Waals surface area (Å²) in [5.41, 5.74) is 12.2. The van der Waals surface area contributed by atoms with Gasteiger partial charge < -0.3 is 10.2 Å². The summed E-state index contributed by atoms with van der Waals surface area (Å²) in [5.74, 6) is 0. The number of hydrogen-bond acceptors (Lipinski definition) is 2. The quantitative estimate of drug-likeness (QED) is 0.352. The fourth-order valence-corrected chi connectivity index (χ4v) is 5.06. The number of nitrogens with one attached hydrogen (secondary N) is 1. The number of nitrogens with zero attached hydrogens (tertiary/aromatic N) is 1. The zero-order valence-corrected chi connectivity index (χ0v) is 25.4. The van der Waals surface area contributed by atoms with Gasteiger partial charge in [-0.3, -0.25) is 0 Å². The van der Waals surface area contributed by atoms with Gasteiger partial charge in [0.1, 0.15) is 6.17 Å². The van der Waals surface area contributed by atoms with Crippen LogP contribution >= 0.6 is 0 Å². The predicted molar refractivity (Wildman–Crippen MR) is 170 cm³/mol. The summed E-state index contributed by atoms with van der Waals surface area (Å²) in [6.45, 7) is 25.7. The predicted octanol–water partition coefficient (Wildman–Crippen LogP) is 10.6. The Labute approximate surface area is 233 Å². The molecule has 3 aromatic carbocycles. The fourth-order valence-electron chi connectivity index (χ4n) is 5.06. The standard InChI is InChI=1S/C28H30N2.C4H10.C2H6.C2H4/c1-18-9-8-10-19(2)26(18)25-17-29-27-22-12-7-6-11-21(22)23-15-20(16-28(3,4)5)13-14-24(23)30(25)27;1-3-4-2;2*1-2/h6-15,17,27,29H,16H2,1-5H3;3-4H2,1-2H3;1-2H3;1-2H2. The van der Waals surface area contributed by atoms with E-state index in [0.717, 1.165) is 6.42 Å². The summed E-state index contributed by atoms with van der Waals surface area (Å²) in [6.07, 6.45) is 6.05. The molecule has 2 aliphatic heterocycles. The molecular weight excluding hydrogens is 460 g/mol. The maximum atomic E-state index is 3.68. The van der Waals surface area contributed by atoms with Crippen molar-refractivity contribution in [1.29, 1.82) is 0 Å². The number of hydrogen-bond donors (Lipinski definition) is 1. The molecule has 2 heteroatoms. The SMILES string of the molecule is C=C.CC.CCCC.Cc1cccc(C)c1C1=CNC2c3ccccc3-c3cc(CC(C)(C)C)ccc3N12. The van der Waals surface area contributed by atoms with Gasteiger partial charge in [-0.15, -0.1) is 13.2 Å². The van der Waals surface area contributed by atoms with Crippen LogP contribution in [0.25, 0.3) is 16.8 Å². The molecule has 2 heterocycles. The normalized spacial score (nSPS) is 14.5. The van der Waals surface area contributed by atoms with Crippen LogP contribution in [0.1, 0.15) is 95.3 Å². The van der Waals surface area contributed by atoms with E-state index in [9.17, 15) is 0 Å². The molecule has 1 N–H and O–H groups in total. The molecule has 0 spiro atoms. The minimum absolute atomic E-state index is 0.135. The molecule has 2 aliphatic rings. The fraction of sp³-hybridized carbons (Fsp3) is 0.389. The molecule has 0 fully saturated rings. The van der Waals surface area contributed by atoms with Gasteiger partial charge in [0.2, 0.25) is 0 Å². The van der Waals surface area contributed by atoms with Gasteiger partial charge in [-0.2, -0.15) is 0 Å². The van der Waals surface area contributed by atoms with Gasteiger partial charge in [-0.25, -0.2) is 0 Å². The van der Waals surface area contributed by atoms with E-state index < -0.39 is 0 Å². The summed E-state index contributed by atoms with van der Waals surface area (Å²) in [4.78, 5) is 2.49. The second-order valence-electron chi connectivity index (χ2n) is 10.9. The van der Waals surface area contributed by atoms with Crippen molar-refractivity contribution in [3.8, 4) is 11.1 Å². The van der Waals surface area contributed by atoms with E-state index in [4.69, 9.17) is 0 Å². The number of aryl methyl sites for hydroxylation is 2. The molecule has 2 nitrogen and oxygen atoms in total. The van der Waals surface area contributed by atoms with Crippen LogP contribution in [-0.4, -0.2) is 0 Å². The second kappa shape index (κ2) is 14.0. The van der Waals surface area contributed by atoms with Gasteiger partial charge in [0.15, 0.2) is 0 Å². The Hall–Kier alpha value is -3.26. The van der Waals surface area contributed by atoms with Crippen molar-refractivity contribution in [2.45, 2.75) is 87.7 Å². The van der Waals surface area contributed by atoms with Crippen molar-refractivity contribution in [3.05, 3.63) is 108 Å². The van der Waals surface area contributed by atoms with Crippen LogP contribution in [0.4, 0.5) is 5.69 Å². The highest BCUT2D eigenvalue weighted by atomic mass is 15.3. The van der Waals surface area contributed by atoms with Gasteiger partial charge in [0.25, 0.3) is 0 Å². The molecule has 3 aromatic rings. The Morgan fingerprint density at radius 2 is 1.42 bits per heavy atom. The molecule has 0 aliphatic carbocycles. The molecule has 0 saturated heterocycles. The number of benzene rings is 3. The van der Waals surface area contributed by atoms with E-state index in [1.54, 1.807) is 0 Å². The lowest BCUT2D eigenvalue weighted by Crippen LogP contribution is -2.32. The molecule has 1 atom stereocenters. The van der Waals surface area contributed by atoms with Crippen LogP contribution in [-0.2, 0) is 6.42 Å². The lowest BCUT2D eigenvalue weighted by atomic mass is 9.84. The van der Waals surface area contributed by atoms with Crippen molar-refractivity contribution in [3.63, 3.8) is 0 Å². The first kappa shape index (κ1) is 31.0. The van der Waals surface area contributed by atoms with Gasteiger partial charge in [0, 0.05) is 22.9 Å². The lowest BCUT2D eigenvalue weighted by molar-refractivity contribution is 0.411. The highest BCUT2D eigenvalue weighted by molar-refractivity contribution is 5.95. The van der Waals surface area contributed by atoms with Crippen molar-refractivity contribution < 1.29 is 0 Å². The van der Waals surface area contributed by atoms with E-state index in [2.05, 4.69) is 139 Å². The topological polar surface area (TPSA) is 15.3 Å². The summed E-state index contributed by atoms with van der Waals surface area (Å²) in [6, 6.07) is 22.5. The Bertz CT molecular complexity index is 1190. The highest BCUT2D eigenvalue weighted by Crippen LogP contribution is 2.50. The molecule has 0 amide bonds. The molecule has 1 unspecified atom stereocenters. The summed E-state index contributed by atoms with van der Waals surface area (Å²) in [5, 5.41) is 3.68. The molecule has 0 bridgehead atoms. The van der Waals surface area contributed by atoms with Crippen LogP contribution in [0.5, 0.6) is 0 Å². The first-order valence-electron chi connectivity index (χ1n) is 14.3. The first-order valence-corrected chi connectivity index (χ1v) is 14.3. The first-order chi connectivity index (χ1) is 18.2. The van der Waals surface area contributed by atoms with Gasteiger partial charge in [0.05, 0.1) is 11.4 Å². The van der Waals surface area contributed by atoms with Gasteiger partial charge >= 0.3 is 0 Å². The van der Waals surface area contributed by atoms with Crippen LogP contribution in [0.2, 0.25) is 0 Å². The Morgan fingerprint density at radius 3 is 2.00 bits per heavy atom. The molecule has 204 valence electrons. The Morgan fingerprint density at radius 1 is 0.816 bits per heavy atom. The third-order valence-corrected chi connectivity index (χ3v) is 6.73. The van der Waals surface area contributed by atoms with Crippen LogP contribution < -0.4 is 10.2 Å². The molecular formula is C36H50N2. The summed E-state index contributed by atoms with van der Waals surface area (Å²) < 4.78 is 0. The highest BCUT2D eigenvalue weighted by Gasteiger charge is 2.37. The van der Waals surface area contributed by atoms with E-state index in [0.29, 0.717) is 0 Å². The van der Waals surface area contributed by atoms with Crippen LogP contribution in [0.3, 0.4) is 0 Å². The van der Waals surface area contributed by atoms with Gasteiger partial charge in [-0.05, 0) is 60.1 Å². The number of unbranched alkanes of at least 4 members (excludes halogenated alkanes) is 1. The second-order valence-corrected chi connectivity index (χ2v) is 10.9. The van der Waals surface area contributed by atoms with Crippen LogP contribution in [0, 0.1) is 19.3 Å². The van der Waals surface area contributed by atoms with E-state index in [1.165, 1.54) is 63.2 Å².